The largest absolute Gasteiger partial charge is 0.463 e. The van der Waals surface area contributed by atoms with Crippen molar-refractivity contribution in [3.8, 4) is 0 Å². The minimum Gasteiger partial charge on any atom is -0.463 e. The third kappa shape index (κ3) is 8.99. The molecule has 0 fully saturated rings. The van der Waals surface area contributed by atoms with Crippen LogP contribution in [0.1, 0.15) is 24.5 Å². The predicted molar refractivity (Wildman–Crippen MR) is 93.4 cm³/mol. The highest BCUT2D eigenvalue weighted by atomic mass is 16.6. The summed E-state index contributed by atoms with van der Waals surface area (Å²) in [6.45, 7) is 6.04. The van der Waals surface area contributed by atoms with Gasteiger partial charge in [-0.2, -0.15) is 0 Å². The summed E-state index contributed by atoms with van der Waals surface area (Å²) in [4.78, 5) is 22.8. The van der Waals surface area contributed by atoms with Gasteiger partial charge in [-0.3, -0.25) is 4.79 Å². The van der Waals surface area contributed by atoms with Crippen molar-refractivity contribution in [3.05, 3.63) is 47.5 Å². The molecule has 0 aliphatic carbocycles. The number of esters is 2. The Morgan fingerprint density at radius 2 is 1.96 bits per heavy atom. The third-order valence-corrected chi connectivity index (χ3v) is 3.25. The molecule has 0 aromatic heterocycles. The molecule has 0 saturated carbocycles. The summed E-state index contributed by atoms with van der Waals surface area (Å²) in [5.41, 5.74) is 7.98. The zero-order chi connectivity index (χ0) is 18.7. The van der Waals surface area contributed by atoms with Crippen LogP contribution in [-0.4, -0.2) is 42.9 Å². The maximum Gasteiger partial charge on any atom is 0.333 e. The van der Waals surface area contributed by atoms with Crippen LogP contribution in [0.25, 0.3) is 0 Å². The monoisotopic (exact) mass is 350 g/mol. The van der Waals surface area contributed by atoms with Crippen LogP contribution in [0.2, 0.25) is 0 Å². The van der Waals surface area contributed by atoms with Crippen molar-refractivity contribution in [2.24, 2.45) is 5.73 Å². The number of rotatable bonds is 11. The number of carbonyl (C=O) groups excluding carboxylic acids is 2. The number of benzene rings is 1. The first-order valence-corrected chi connectivity index (χ1v) is 8.07. The summed E-state index contributed by atoms with van der Waals surface area (Å²) >= 11 is 0. The number of ether oxygens (including phenoxy) is 2. The Morgan fingerprint density at radius 1 is 1.28 bits per heavy atom. The molecule has 0 amide bonds. The van der Waals surface area contributed by atoms with Crippen molar-refractivity contribution in [2.75, 3.05) is 19.8 Å². The van der Waals surface area contributed by atoms with Crippen molar-refractivity contribution in [1.29, 1.82) is 0 Å². The maximum atomic E-state index is 11.6. The van der Waals surface area contributed by atoms with Gasteiger partial charge in [-0.25, -0.2) is 4.79 Å². The number of aliphatic hydroxyl groups excluding tert-OH is 1. The Kier molecular flexibility index (Phi) is 9.46. The van der Waals surface area contributed by atoms with Crippen molar-refractivity contribution in [1.82, 2.24) is 5.32 Å². The lowest BCUT2D eigenvalue weighted by atomic mass is 10.1. The minimum absolute atomic E-state index is 0.175. The molecule has 1 rings (SSSR count). The van der Waals surface area contributed by atoms with E-state index in [1.54, 1.807) is 0 Å². The second-order valence-electron chi connectivity index (χ2n) is 5.67. The molecule has 4 N–H and O–H groups in total. The zero-order valence-corrected chi connectivity index (χ0v) is 14.5. The van der Waals surface area contributed by atoms with E-state index in [1.807, 2.05) is 24.3 Å². The molecule has 0 aliphatic heterocycles. The first-order chi connectivity index (χ1) is 11.9. The first-order valence-electron chi connectivity index (χ1n) is 8.07. The SMILES string of the molecule is C=C(C)C(=O)OCC(O)COC(=O)CCNCc1cccc(CN)c1. The highest BCUT2D eigenvalue weighted by Gasteiger charge is 2.12. The van der Waals surface area contributed by atoms with Gasteiger partial charge in [-0.15, -0.1) is 0 Å². The van der Waals surface area contributed by atoms with E-state index in [0.29, 0.717) is 19.6 Å². The van der Waals surface area contributed by atoms with E-state index in [1.165, 1.54) is 6.92 Å². The zero-order valence-electron chi connectivity index (χ0n) is 14.5. The second kappa shape index (κ2) is 11.4. The molecular formula is C18H26N2O5. The number of carbonyl (C=O) groups is 2. The van der Waals surface area contributed by atoms with Gasteiger partial charge >= 0.3 is 11.9 Å². The Hall–Kier alpha value is -2.22. The van der Waals surface area contributed by atoms with Crippen LogP contribution >= 0.6 is 0 Å². The predicted octanol–water partition coefficient (Wildman–Crippen LogP) is 0.648. The fourth-order valence-corrected chi connectivity index (χ4v) is 1.89. The van der Waals surface area contributed by atoms with Crippen molar-refractivity contribution >= 4 is 11.9 Å². The van der Waals surface area contributed by atoms with Gasteiger partial charge in [0.1, 0.15) is 19.3 Å². The summed E-state index contributed by atoms with van der Waals surface area (Å²) in [5, 5.41) is 12.7. The maximum absolute atomic E-state index is 11.6. The van der Waals surface area contributed by atoms with Crippen molar-refractivity contribution in [3.63, 3.8) is 0 Å². The summed E-state index contributed by atoms with van der Waals surface area (Å²) in [6.07, 6.45) is -0.881. The molecule has 1 aromatic carbocycles. The van der Waals surface area contributed by atoms with Crippen LogP contribution in [0.5, 0.6) is 0 Å². The highest BCUT2D eigenvalue weighted by molar-refractivity contribution is 5.86. The number of nitrogens with two attached hydrogens (primary N) is 1. The Balaban J connectivity index is 2.14. The van der Waals surface area contributed by atoms with E-state index in [2.05, 4.69) is 11.9 Å². The van der Waals surface area contributed by atoms with Crippen molar-refractivity contribution in [2.45, 2.75) is 32.5 Å². The Labute approximate surface area is 147 Å². The van der Waals surface area contributed by atoms with Crippen LogP contribution in [0.4, 0.5) is 0 Å². The lowest BCUT2D eigenvalue weighted by molar-refractivity contribution is -0.150. The molecule has 1 atom stereocenters. The molecule has 0 heterocycles. The molecule has 138 valence electrons. The van der Waals surface area contributed by atoms with E-state index in [0.717, 1.165) is 11.1 Å². The van der Waals surface area contributed by atoms with Gasteiger partial charge in [0, 0.05) is 25.2 Å². The first kappa shape index (κ1) is 20.8. The number of aliphatic hydroxyl groups is 1. The normalized spacial score (nSPS) is 11.6. The molecule has 25 heavy (non-hydrogen) atoms. The van der Waals surface area contributed by atoms with Gasteiger partial charge in [0.25, 0.3) is 0 Å². The molecule has 1 unspecified atom stereocenters. The summed E-state index contributed by atoms with van der Waals surface area (Å²) in [5.74, 6) is -1.03. The van der Waals surface area contributed by atoms with Gasteiger partial charge in [-0.1, -0.05) is 30.8 Å². The van der Waals surface area contributed by atoms with E-state index in [-0.39, 0.29) is 25.2 Å². The van der Waals surface area contributed by atoms with E-state index in [4.69, 9.17) is 15.2 Å². The Morgan fingerprint density at radius 3 is 2.64 bits per heavy atom. The highest BCUT2D eigenvalue weighted by Crippen LogP contribution is 2.04. The smallest absolute Gasteiger partial charge is 0.333 e. The topological polar surface area (TPSA) is 111 Å². The van der Waals surface area contributed by atoms with Gasteiger partial charge in [0.15, 0.2) is 0 Å². The summed E-state index contributed by atoms with van der Waals surface area (Å²) in [6, 6.07) is 7.89. The van der Waals surface area contributed by atoms with Crippen LogP contribution < -0.4 is 11.1 Å². The summed E-state index contributed by atoms with van der Waals surface area (Å²) < 4.78 is 9.69. The van der Waals surface area contributed by atoms with Gasteiger partial charge in [-0.05, 0) is 18.1 Å². The summed E-state index contributed by atoms with van der Waals surface area (Å²) in [7, 11) is 0. The van der Waals surface area contributed by atoms with Crippen LogP contribution in [0.3, 0.4) is 0 Å². The van der Waals surface area contributed by atoms with Crippen LogP contribution in [0.15, 0.2) is 36.4 Å². The lowest BCUT2D eigenvalue weighted by Crippen LogP contribution is -2.26. The van der Waals surface area contributed by atoms with Crippen LogP contribution in [-0.2, 0) is 32.2 Å². The van der Waals surface area contributed by atoms with Gasteiger partial charge in [0.05, 0.1) is 6.42 Å². The number of hydrogen-bond donors (Lipinski definition) is 3. The molecule has 7 nitrogen and oxygen atoms in total. The molecule has 0 saturated heterocycles. The third-order valence-electron chi connectivity index (χ3n) is 3.25. The molecule has 0 bridgehead atoms. The van der Waals surface area contributed by atoms with Crippen LogP contribution in [0, 0.1) is 0 Å². The van der Waals surface area contributed by atoms with Crippen molar-refractivity contribution < 1.29 is 24.2 Å². The number of hydrogen-bond acceptors (Lipinski definition) is 7. The fourth-order valence-electron chi connectivity index (χ4n) is 1.89. The minimum atomic E-state index is -1.06. The van der Waals surface area contributed by atoms with Gasteiger partial charge in [0.2, 0.25) is 0 Å². The Bertz CT molecular complexity index is 589. The molecule has 1 aromatic rings. The second-order valence-corrected chi connectivity index (χ2v) is 5.67. The molecule has 0 spiro atoms. The molecule has 0 radical (unpaired) electrons. The quantitative estimate of drug-likeness (QED) is 0.305. The molecule has 7 heteroatoms. The molecular weight excluding hydrogens is 324 g/mol. The fraction of sp³-hybridized carbons (Fsp3) is 0.444. The number of nitrogens with one attached hydrogen (secondary N) is 1. The average Bonchev–Trinajstić information content (AvgIpc) is 2.61. The van der Waals surface area contributed by atoms with Gasteiger partial charge < -0.3 is 25.6 Å². The van der Waals surface area contributed by atoms with E-state index >= 15 is 0 Å². The molecule has 0 aliphatic rings. The average molecular weight is 350 g/mol. The van der Waals surface area contributed by atoms with E-state index < -0.39 is 18.0 Å². The van der Waals surface area contributed by atoms with E-state index in [9.17, 15) is 14.7 Å². The lowest BCUT2D eigenvalue weighted by Gasteiger charge is -2.12. The standard InChI is InChI=1S/C18H26N2O5/c1-13(2)18(23)25-12-16(21)11-24-17(22)6-7-20-10-15-5-3-4-14(8-15)9-19/h3-5,8,16,20-21H,1,6-7,9-12,19H2,2H3.